The Morgan fingerprint density at radius 3 is 2.70 bits per heavy atom. The Hall–Kier alpha value is -2.37. The van der Waals surface area contributed by atoms with E-state index in [-0.39, 0.29) is 22.9 Å². The summed E-state index contributed by atoms with van der Waals surface area (Å²) in [5, 5.41) is 14.4. The average Bonchev–Trinajstić information content (AvgIpc) is 2.88. The number of carbonyl (C=O) groups is 1. The van der Waals surface area contributed by atoms with Crippen molar-refractivity contribution in [2.45, 2.75) is 19.3 Å². The van der Waals surface area contributed by atoms with Crippen LogP contribution in [0.15, 0.2) is 35.8 Å². The summed E-state index contributed by atoms with van der Waals surface area (Å²) in [7, 11) is 0. The van der Waals surface area contributed by atoms with Crippen molar-refractivity contribution in [2.75, 3.05) is 13.1 Å². The zero-order chi connectivity index (χ0) is 14.3. The molecule has 1 unspecified atom stereocenters. The number of benzene rings is 1. The zero-order valence-corrected chi connectivity index (χ0v) is 11.1. The number of rotatable bonds is 2. The van der Waals surface area contributed by atoms with Crippen LogP contribution in [0.1, 0.15) is 23.5 Å². The summed E-state index contributed by atoms with van der Waals surface area (Å²) >= 11 is 0. The van der Waals surface area contributed by atoms with E-state index in [9.17, 15) is 14.9 Å². The Kier molecular flexibility index (Phi) is 2.93. The van der Waals surface area contributed by atoms with E-state index >= 15 is 0 Å². The first-order valence-electron chi connectivity index (χ1n) is 6.57. The molecule has 6 nitrogen and oxygen atoms in total. The third-order valence-corrected chi connectivity index (χ3v) is 3.83. The molecule has 0 aliphatic carbocycles. The Balaban J connectivity index is 2.09. The highest BCUT2D eigenvalue weighted by atomic mass is 16.6. The van der Waals surface area contributed by atoms with Gasteiger partial charge in [-0.2, -0.15) is 0 Å². The lowest BCUT2D eigenvalue weighted by Crippen LogP contribution is -2.37. The maximum absolute atomic E-state index is 12.1. The second kappa shape index (κ2) is 4.63. The third-order valence-electron chi connectivity index (χ3n) is 3.83. The molecule has 1 N–H and O–H groups in total. The van der Waals surface area contributed by atoms with Crippen molar-refractivity contribution in [3.8, 4) is 0 Å². The molecule has 1 aromatic rings. The van der Waals surface area contributed by atoms with Crippen LogP contribution in [-0.4, -0.2) is 28.8 Å². The molecule has 0 aromatic heterocycles. The Bertz CT molecular complexity index is 607. The van der Waals surface area contributed by atoms with Gasteiger partial charge in [0.15, 0.2) is 5.82 Å². The first-order chi connectivity index (χ1) is 9.58. The Labute approximate surface area is 116 Å². The van der Waals surface area contributed by atoms with Gasteiger partial charge in [0, 0.05) is 19.5 Å². The van der Waals surface area contributed by atoms with Gasteiger partial charge in [0.25, 0.3) is 5.70 Å². The fraction of sp³-hybridized carbons (Fsp3) is 0.357. The van der Waals surface area contributed by atoms with Crippen LogP contribution in [0, 0.1) is 17.0 Å². The maximum Gasteiger partial charge on any atom is 0.294 e. The highest BCUT2D eigenvalue weighted by Crippen LogP contribution is 2.36. The molecule has 1 atom stereocenters. The van der Waals surface area contributed by atoms with Crippen molar-refractivity contribution in [1.82, 2.24) is 10.2 Å². The molecular formula is C14H15N3O3. The number of allylic oxidation sites excluding steroid dienone is 1. The van der Waals surface area contributed by atoms with Gasteiger partial charge in [-0.25, -0.2) is 0 Å². The molecule has 0 saturated carbocycles. The Morgan fingerprint density at radius 1 is 1.35 bits per heavy atom. The molecule has 1 saturated heterocycles. The van der Waals surface area contributed by atoms with Crippen molar-refractivity contribution in [2.24, 2.45) is 0 Å². The van der Waals surface area contributed by atoms with Gasteiger partial charge < -0.3 is 5.32 Å². The molecule has 0 radical (unpaired) electrons. The summed E-state index contributed by atoms with van der Waals surface area (Å²) in [6.45, 7) is 3.04. The number of hydrogen-bond acceptors (Lipinski definition) is 4. The highest BCUT2D eigenvalue weighted by Gasteiger charge is 2.43. The van der Waals surface area contributed by atoms with E-state index in [4.69, 9.17) is 0 Å². The number of nitro groups is 1. The van der Waals surface area contributed by atoms with Crippen LogP contribution in [0.3, 0.4) is 0 Å². The number of amides is 1. The molecular weight excluding hydrogens is 258 g/mol. The van der Waals surface area contributed by atoms with Crippen molar-refractivity contribution in [3.63, 3.8) is 0 Å². The quantitative estimate of drug-likeness (QED) is 0.652. The minimum atomic E-state index is -0.477. The molecule has 0 bridgehead atoms. The van der Waals surface area contributed by atoms with Crippen LogP contribution in [0.4, 0.5) is 0 Å². The van der Waals surface area contributed by atoms with Crippen LogP contribution in [-0.2, 0) is 4.79 Å². The van der Waals surface area contributed by atoms with Gasteiger partial charge in [-0.15, -0.1) is 0 Å². The number of aryl methyl sites for hydroxylation is 1. The molecule has 20 heavy (non-hydrogen) atoms. The van der Waals surface area contributed by atoms with Crippen LogP contribution in [0.25, 0.3) is 0 Å². The molecule has 1 amide bonds. The number of nitrogens with zero attached hydrogens (tertiary/aromatic N) is 2. The molecule has 0 spiro atoms. The normalized spacial score (nSPS) is 21.8. The lowest BCUT2D eigenvalue weighted by atomic mass is 9.89. The standard InChI is InChI=1S/C14H15N3O3/c1-9-2-4-10(5-3-9)11-8-12(18)16-7-6-15-14(16)13(11)17(19)20/h2-5,11,15H,6-8H2,1H3. The predicted octanol–water partition coefficient (Wildman–Crippen LogP) is 1.36. The minimum absolute atomic E-state index is 0.0545. The summed E-state index contributed by atoms with van der Waals surface area (Å²) < 4.78 is 0. The maximum atomic E-state index is 12.1. The van der Waals surface area contributed by atoms with Crippen molar-refractivity contribution < 1.29 is 9.72 Å². The van der Waals surface area contributed by atoms with Gasteiger partial charge in [-0.3, -0.25) is 19.8 Å². The van der Waals surface area contributed by atoms with Gasteiger partial charge in [-0.1, -0.05) is 29.8 Å². The van der Waals surface area contributed by atoms with E-state index in [1.54, 1.807) is 0 Å². The highest BCUT2D eigenvalue weighted by molar-refractivity contribution is 5.81. The first-order valence-corrected chi connectivity index (χ1v) is 6.57. The molecule has 104 valence electrons. The van der Waals surface area contributed by atoms with E-state index in [0.717, 1.165) is 11.1 Å². The van der Waals surface area contributed by atoms with Crippen LogP contribution in [0.5, 0.6) is 0 Å². The smallest absolute Gasteiger partial charge is 0.294 e. The fourth-order valence-corrected chi connectivity index (χ4v) is 2.81. The SMILES string of the molecule is Cc1ccc(C2CC(=O)N3CCNC3=C2[N+](=O)[O-])cc1. The lowest BCUT2D eigenvalue weighted by molar-refractivity contribution is -0.433. The molecule has 2 heterocycles. The fourth-order valence-electron chi connectivity index (χ4n) is 2.81. The van der Waals surface area contributed by atoms with Gasteiger partial charge >= 0.3 is 0 Å². The second-order valence-electron chi connectivity index (χ2n) is 5.13. The van der Waals surface area contributed by atoms with Crippen molar-refractivity contribution in [3.05, 3.63) is 57.0 Å². The number of hydrogen-bond donors (Lipinski definition) is 1. The predicted molar refractivity (Wildman–Crippen MR) is 72.3 cm³/mol. The first kappa shape index (κ1) is 12.7. The van der Waals surface area contributed by atoms with Crippen LogP contribution in [0.2, 0.25) is 0 Å². The van der Waals surface area contributed by atoms with Crippen molar-refractivity contribution in [1.29, 1.82) is 0 Å². The summed E-state index contributed by atoms with van der Waals surface area (Å²) in [6.07, 6.45) is 0.157. The lowest BCUT2D eigenvalue weighted by Gasteiger charge is -2.27. The average molecular weight is 273 g/mol. The summed E-state index contributed by atoms with van der Waals surface area (Å²) in [6, 6.07) is 7.55. The third kappa shape index (κ3) is 1.93. The molecule has 2 aliphatic rings. The van der Waals surface area contributed by atoms with Crippen LogP contribution < -0.4 is 5.32 Å². The number of nitrogens with one attached hydrogen (secondary N) is 1. The monoisotopic (exact) mass is 273 g/mol. The summed E-state index contributed by atoms with van der Waals surface area (Å²) in [5.41, 5.74) is 2.01. The van der Waals surface area contributed by atoms with Gasteiger partial charge in [0.05, 0.1) is 10.8 Å². The van der Waals surface area contributed by atoms with E-state index in [2.05, 4.69) is 5.32 Å². The minimum Gasteiger partial charge on any atom is -0.364 e. The molecule has 3 rings (SSSR count). The van der Waals surface area contributed by atoms with Gasteiger partial charge in [0.1, 0.15) is 0 Å². The van der Waals surface area contributed by atoms with E-state index in [1.807, 2.05) is 31.2 Å². The summed E-state index contributed by atoms with van der Waals surface area (Å²) in [4.78, 5) is 24.7. The van der Waals surface area contributed by atoms with E-state index in [0.29, 0.717) is 18.9 Å². The Morgan fingerprint density at radius 2 is 2.05 bits per heavy atom. The zero-order valence-electron chi connectivity index (χ0n) is 11.1. The van der Waals surface area contributed by atoms with Gasteiger partial charge in [-0.05, 0) is 12.5 Å². The molecule has 1 aromatic carbocycles. The summed E-state index contributed by atoms with van der Waals surface area (Å²) in [5.74, 6) is -0.159. The topological polar surface area (TPSA) is 75.5 Å². The second-order valence-corrected chi connectivity index (χ2v) is 5.13. The van der Waals surface area contributed by atoms with E-state index < -0.39 is 5.92 Å². The van der Waals surface area contributed by atoms with Gasteiger partial charge in [0.2, 0.25) is 5.91 Å². The molecule has 1 fully saturated rings. The molecule has 2 aliphatic heterocycles. The molecule has 6 heteroatoms. The largest absolute Gasteiger partial charge is 0.364 e. The van der Waals surface area contributed by atoms with Crippen molar-refractivity contribution >= 4 is 5.91 Å². The van der Waals surface area contributed by atoms with Crippen LogP contribution >= 0.6 is 0 Å². The number of fused-ring (bicyclic) bond motifs is 1. The van der Waals surface area contributed by atoms with E-state index in [1.165, 1.54) is 4.90 Å². The number of carbonyl (C=O) groups excluding carboxylic acids is 1.